The van der Waals surface area contributed by atoms with Crippen LogP contribution in [0.2, 0.25) is 0 Å². The summed E-state index contributed by atoms with van der Waals surface area (Å²) in [5.41, 5.74) is 4.57. The fraction of sp³-hybridized carbons (Fsp3) is 0.333. The Morgan fingerprint density at radius 3 is 1.92 bits per heavy atom. The van der Waals surface area contributed by atoms with Crippen molar-refractivity contribution < 1.29 is 0 Å². The monoisotopic (exact) mass is 314 g/mol. The maximum absolute atomic E-state index is 5.52. The van der Waals surface area contributed by atoms with E-state index in [0.29, 0.717) is 5.41 Å². The summed E-state index contributed by atoms with van der Waals surface area (Å²) in [6, 6.07) is 16.4. The first-order chi connectivity index (χ1) is 11.2. The van der Waals surface area contributed by atoms with Gasteiger partial charge in [0.15, 0.2) is 0 Å². The highest BCUT2D eigenvalue weighted by atomic mass is 14.3. The molecule has 0 heterocycles. The van der Waals surface area contributed by atoms with E-state index < -0.39 is 0 Å². The maximum atomic E-state index is 5.52. The zero-order valence-electron chi connectivity index (χ0n) is 15.4. The highest BCUT2D eigenvalue weighted by molar-refractivity contribution is 5.52. The highest BCUT2D eigenvalue weighted by Gasteiger charge is 2.26. The quantitative estimate of drug-likeness (QED) is 0.616. The van der Waals surface area contributed by atoms with Gasteiger partial charge in [-0.2, -0.15) is 0 Å². The van der Waals surface area contributed by atoms with Crippen LogP contribution in [0.25, 0.3) is 0 Å². The fourth-order valence-corrected chi connectivity index (χ4v) is 3.29. The zero-order valence-corrected chi connectivity index (χ0v) is 15.4. The molecule has 0 radical (unpaired) electrons. The van der Waals surface area contributed by atoms with Gasteiger partial charge >= 0.3 is 0 Å². The van der Waals surface area contributed by atoms with Gasteiger partial charge in [-0.05, 0) is 47.1 Å². The van der Waals surface area contributed by atoms with Crippen molar-refractivity contribution in [2.75, 3.05) is 0 Å². The fourth-order valence-electron chi connectivity index (χ4n) is 3.29. The molecular weight excluding hydrogens is 288 g/mol. The summed E-state index contributed by atoms with van der Waals surface area (Å²) in [4.78, 5) is 0. The van der Waals surface area contributed by atoms with Crippen LogP contribution in [-0.2, 0) is 5.41 Å². The maximum Gasteiger partial charge on any atom is 0.0405 e. The summed E-state index contributed by atoms with van der Waals surface area (Å²) in [5.74, 6) is 9.08. The molecule has 0 aliphatic carbocycles. The van der Waals surface area contributed by atoms with E-state index in [1.807, 2.05) is 24.3 Å². The summed E-state index contributed by atoms with van der Waals surface area (Å²) < 4.78 is 0. The van der Waals surface area contributed by atoms with E-state index in [0.717, 1.165) is 23.1 Å². The van der Waals surface area contributed by atoms with Crippen LogP contribution in [-0.4, -0.2) is 0 Å². The normalized spacial score (nSPS) is 11.3. The van der Waals surface area contributed by atoms with Gasteiger partial charge in [0.1, 0.15) is 0 Å². The van der Waals surface area contributed by atoms with Gasteiger partial charge < -0.3 is 0 Å². The summed E-state index contributed by atoms with van der Waals surface area (Å²) in [6.07, 6.45) is 6.66. The number of terminal acetylenes is 1. The molecule has 122 valence electrons. The molecule has 0 fully saturated rings. The molecule has 0 N–H and O–H groups in total. The molecule has 0 aromatic heterocycles. The van der Waals surface area contributed by atoms with Crippen LogP contribution in [0.3, 0.4) is 0 Å². The molecule has 0 spiro atoms. The Labute approximate surface area is 147 Å². The SMILES string of the molecule is C#Cc1ccccc1C#Cc1ccc(C(C)(C)CC(C)(C)C)cc1. The van der Waals surface area contributed by atoms with Gasteiger partial charge in [-0.3, -0.25) is 0 Å². The van der Waals surface area contributed by atoms with Crippen molar-refractivity contribution in [1.29, 1.82) is 0 Å². The van der Waals surface area contributed by atoms with Crippen LogP contribution >= 0.6 is 0 Å². The topological polar surface area (TPSA) is 0 Å². The molecular formula is C24H26. The number of hydrogen-bond donors (Lipinski definition) is 0. The minimum atomic E-state index is 0.153. The third kappa shape index (κ3) is 4.78. The van der Waals surface area contributed by atoms with Gasteiger partial charge in [-0.1, -0.05) is 76.6 Å². The first-order valence-electron chi connectivity index (χ1n) is 8.39. The average molecular weight is 314 g/mol. The molecule has 0 aliphatic heterocycles. The molecule has 0 unspecified atom stereocenters. The lowest BCUT2D eigenvalue weighted by Crippen LogP contribution is -2.24. The van der Waals surface area contributed by atoms with Crippen molar-refractivity contribution in [1.82, 2.24) is 0 Å². The third-order valence-corrected chi connectivity index (χ3v) is 4.06. The standard InChI is InChI=1S/C24H26/c1-7-20-10-8-9-11-21(20)15-12-19-13-16-22(17-14-19)24(5,6)18-23(2,3)4/h1,8-11,13-14,16-17H,18H2,2-6H3. The van der Waals surface area contributed by atoms with Crippen molar-refractivity contribution in [3.05, 3.63) is 70.8 Å². The van der Waals surface area contributed by atoms with Crippen LogP contribution in [0.5, 0.6) is 0 Å². The summed E-state index contributed by atoms with van der Waals surface area (Å²) in [5, 5.41) is 0. The van der Waals surface area contributed by atoms with E-state index in [1.165, 1.54) is 5.56 Å². The van der Waals surface area contributed by atoms with Crippen molar-refractivity contribution in [3.63, 3.8) is 0 Å². The molecule has 0 saturated carbocycles. The highest BCUT2D eigenvalue weighted by Crippen LogP contribution is 2.36. The van der Waals surface area contributed by atoms with Crippen molar-refractivity contribution in [2.24, 2.45) is 5.41 Å². The molecule has 2 rings (SSSR count). The number of benzene rings is 2. The summed E-state index contributed by atoms with van der Waals surface area (Å²) in [6.45, 7) is 11.5. The lowest BCUT2D eigenvalue weighted by Gasteiger charge is -2.33. The first kappa shape index (κ1) is 17.9. The van der Waals surface area contributed by atoms with Crippen molar-refractivity contribution in [3.8, 4) is 24.2 Å². The smallest absolute Gasteiger partial charge is 0.0405 e. The Bertz CT molecular complexity index is 794. The van der Waals surface area contributed by atoms with Gasteiger partial charge in [0.05, 0.1) is 0 Å². The van der Waals surface area contributed by atoms with Crippen molar-refractivity contribution >= 4 is 0 Å². The van der Waals surface area contributed by atoms with E-state index in [2.05, 4.69) is 76.6 Å². The summed E-state index contributed by atoms with van der Waals surface area (Å²) in [7, 11) is 0. The number of rotatable bonds is 2. The van der Waals surface area contributed by atoms with E-state index in [9.17, 15) is 0 Å². The molecule has 0 aliphatic rings. The molecule has 0 amide bonds. The predicted octanol–water partition coefficient (Wildman–Crippen LogP) is 5.78. The second-order valence-electron chi connectivity index (χ2n) is 8.14. The van der Waals surface area contributed by atoms with Gasteiger partial charge in [0.2, 0.25) is 0 Å². The van der Waals surface area contributed by atoms with Crippen LogP contribution in [0, 0.1) is 29.6 Å². The Morgan fingerprint density at radius 2 is 1.38 bits per heavy atom. The predicted molar refractivity (Wildman–Crippen MR) is 104 cm³/mol. The van der Waals surface area contributed by atoms with E-state index in [-0.39, 0.29) is 5.41 Å². The van der Waals surface area contributed by atoms with E-state index >= 15 is 0 Å². The van der Waals surface area contributed by atoms with Crippen LogP contribution in [0.4, 0.5) is 0 Å². The summed E-state index contributed by atoms with van der Waals surface area (Å²) >= 11 is 0. The average Bonchev–Trinajstić information content (AvgIpc) is 2.51. The molecule has 2 aromatic carbocycles. The molecule has 0 heteroatoms. The van der Waals surface area contributed by atoms with E-state index in [4.69, 9.17) is 6.42 Å². The number of hydrogen-bond acceptors (Lipinski definition) is 0. The van der Waals surface area contributed by atoms with E-state index in [1.54, 1.807) is 0 Å². The van der Waals surface area contributed by atoms with Crippen molar-refractivity contribution in [2.45, 2.75) is 46.5 Å². The Kier molecular flexibility index (Phi) is 5.21. The Hall–Kier alpha value is -2.44. The second-order valence-corrected chi connectivity index (χ2v) is 8.14. The van der Waals surface area contributed by atoms with Crippen LogP contribution < -0.4 is 0 Å². The second kappa shape index (κ2) is 6.98. The third-order valence-electron chi connectivity index (χ3n) is 4.06. The molecule has 2 aromatic rings. The molecule has 0 atom stereocenters. The first-order valence-corrected chi connectivity index (χ1v) is 8.39. The lowest BCUT2D eigenvalue weighted by atomic mass is 9.72. The Balaban J connectivity index is 2.22. The van der Waals surface area contributed by atoms with Gasteiger partial charge in [-0.25, -0.2) is 0 Å². The zero-order chi connectivity index (χ0) is 17.8. The van der Waals surface area contributed by atoms with Crippen LogP contribution in [0.15, 0.2) is 48.5 Å². The minimum absolute atomic E-state index is 0.153. The van der Waals surface area contributed by atoms with Gasteiger partial charge in [0, 0.05) is 16.7 Å². The van der Waals surface area contributed by atoms with Gasteiger partial charge in [0.25, 0.3) is 0 Å². The Morgan fingerprint density at radius 1 is 0.792 bits per heavy atom. The van der Waals surface area contributed by atoms with Crippen LogP contribution in [0.1, 0.15) is 63.3 Å². The largest absolute Gasteiger partial charge is 0.115 e. The molecule has 0 nitrogen and oxygen atoms in total. The molecule has 0 saturated heterocycles. The van der Waals surface area contributed by atoms with Gasteiger partial charge in [-0.15, -0.1) is 6.42 Å². The lowest BCUT2D eigenvalue weighted by molar-refractivity contribution is 0.284. The molecule has 0 bridgehead atoms. The minimum Gasteiger partial charge on any atom is -0.115 e. The molecule has 24 heavy (non-hydrogen) atoms.